The summed E-state index contributed by atoms with van der Waals surface area (Å²) in [5, 5.41) is 50.4. The number of aryl methyl sites for hydroxylation is 1. The molecular weight excluding hydrogens is 1180 g/mol. The van der Waals surface area contributed by atoms with E-state index in [2.05, 4.69) is 82.6 Å². The lowest BCUT2D eigenvalue weighted by Crippen LogP contribution is -2.44. The Kier molecular flexibility index (Phi) is 19.7. The van der Waals surface area contributed by atoms with Crippen molar-refractivity contribution in [3.05, 3.63) is 168 Å². The first-order chi connectivity index (χ1) is 45.0. The van der Waals surface area contributed by atoms with Crippen molar-refractivity contribution < 1.29 is 38.6 Å². The van der Waals surface area contributed by atoms with E-state index in [9.17, 15) is 29.6 Å². The summed E-state index contributed by atoms with van der Waals surface area (Å²) in [6.45, 7) is 17.3. The maximum Gasteiger partial charge on any atom is 0.269 e. The number of primary amides is 1. The number of fused-ring (bicyclic) bond motifs is 5. The van der Waals surface area contributed by atoms with Gasteiger partial charge in [0.2, 0.25) is 17.7 Å². The molecule has 22 heteroatoms. The maximum atomic E-state index is 13.6. The maximum absolute atomic E-state index is 13.6. The first kappa shape index (κ1) is 64.7. The number of ether oxygens (including phenoxy) is 3. The summed E-state index contributed by atoms with van der Waals surface area (Å²) in [5.41, 5.74) is 24.6. The summed E-state index contributed by atoms with van der Waals surface area (Å²) in [7, 11) is 3.02. The van der Waals surface area contributed by atoms with E-state index in [1.165, 1.54) is 49.7 Å². The summed E-state index contributed by atoms with van der Waals surface area (Å²) in [6, 6.07) is 10.2. The van der Waals surface area contributed by atoms with Crippen LogP contribution >= 0.6 is 0 Å². The van der Waals surface area contributed by atoms with E-state index < -0.39 is 16.9 Å². The highest BCUT2D eigenvalue weighted by Crippen LogP contribution is 2.50. The van der Waals surface area contributed by atoms with Crippen molar-refractivity contribution in [3.8, 4) is 17.2 Å². The van der Waals surface area contributed by atoms with Crippen LogP contribution in [0.3, 0.4) is 0 Å². The van der Waals surface area contributed by atoms with Crippen molar-refractivity contribution in [1.82, 2.24) is 16.0 Å². The quantitative estimate of drug-likeness (QED) is 0.0218. The zero-order valence-corrected chi connectivity index (χ0v) is 54.0. The van der Waals surface area contributed by atoms with Crippen LogP contribution in [0, 0.1) is 22.0 Å². The highest BCUT2D eigenvalue weighted by Gasteiger charge is 2.42. The van der Waals surface area contributed by atoms with E-state index in [4.69, 9.17) is 40.0 Å². The Morgan fingerprint density at radius 2 is 1.57 bits per heavy atom. The summed E-state index contributed by atoms with van der Waals surface area (Å²) in [5.74, 6) is 0.624. The minimum atomic E-state index is -0.846. The molecule has 3 amide bonds. The van der Waals surface area contributed by atoms with Gasteiger partial charge < -0.3 is 45.9 Å². The Morgan fingerprint density at radius 3 is 2.28 bits per heavy atom. The van der Waals surface area contributed by atoms with Gasteiger partial charge in [-0.1, -0.05) is 26.5 Å². The van der Waals surface area contributed by atoms with E-state index in [1.54, 1.807) is 12.1 Å². The largest absolute Gasteiger partial charge is 0.511 e. The van der Waals surface area contributed by atoms with Gasteiger partial charge in [-0.25, -0.2) is 15.0 Å². The Labute approximate surface area is 541 Å². The third-order valence-corrected chi connectivity index (χ3v) is 18.7. The molecule has 0 aromatic heterocycles. The number of nitrogens with one attached hydrogen (secondary N) is 3. The molecule has 3 aromatic rings. The van der Waals surface area contributed by atoms with Crippen LogP contribution in [0.1, 0.15) is 129 Å². The van der Waals surface area contributed by atoms with Crippen LogP contribution in [0.4, 0.5) is 34.1 Å². The van der Waals surface area contributed by atoms with Crippen molar-refractivity contribution in [2.75, 3.05) is 45.4 Å². The van der Waals surface area contributed by atoms with Gasteiger partial charge in [-0.3, -0.25) is 24.5 Å². The van der Waals surface area contributed by atoms with Gasteiger partial charge in [-0.05, 0) is 162 Å². The number of hydrogen-bond donors (Lipinski definition) is 5. The number of aliphatic hydroxyl groups excluding tert-OH is 1. The summed E-state index contributed by atoms with van der Waals surface area (Å²) >= 11 is 0. The molecule has 3 atom stereocenters. The number of carbonyl (C=O) groups is 3. The van der Waals surface area contributed by atoms with E-state index in [1.807, 2.05) is 25.2 Å². The third kappa shape index (κ3) is 13.7. The number of carbonyl (C=O) groups excluding carboxylic acids is 3. The van der Waals surface area contributed by atoms with Gasteiger partial charge in [-0.15, -0.1) is 15.3 Å². The summed E-state index contributed by atoms with van der Waals surface area (Å²) < 4.78 is 18.0. The molecule has 22 nitrogen and oxygen atoms in total. The first-order valence-electron chi connectivity index (χ1n) is 32.3. The normalized spacial score (nSPS) is 19.2. The molecule has 6 N–H and O–H groups in total. The standard InChI is InChI=1S/C71H81N13O9/c1-9-46-39(3)52-34-54-41(5)48(67(77-54)50-33-61(85)66-42(6)55(78-68(50)66)36-57-47(10-2)40(4)53(75-57)35-56(46)74-52)26-27-64(86)73-28-14-13-20-51(71(72)88)76-65(87)21-12-11-15-31-93-70-49-19-17-30-83-29-16-18-43(69(49)83)32-60(70)82-81-59-38-62(91-7)58(37-63(59)92-8)80-79-44-22-24-45(25-23-44)84(89)90/h9,22-25,32,34-38,41,48,51,77,85H,1,10-21,26-31,33H2,2-8H3,(H2,72,88)(H,73,86)(H,76,87)/t41-,48-,51?/m0/s1. The Balaban J connectivity index is 0.666. The second-order valence-electron chi connectivity index (χ2n) is 24.6. The van der Waals surface area contributed by atoms with E-state index in [-0.39, 0.29) is 47.9 Å². The van der Waals surface area contributed by atoms with E-state index >= 15 is 0 Å². The molecule has 7 aliphatic heterocycles. The van der Waals surface area contributed by atoms with Gasteiger partial charge in [0.15, 0.2) is 5.75 Å². The van der Waals surface area contributed by atoms with Crippen molar-refractivity contribution >= 4 is 69.0 Å². The fourth-order valence-electron chi connectivity index (χ4n) is 13.7. The average molecular weight is 1260 g/mol. The van der Waals surface area contributed by atoms with E-state index in [0.29, 0.717) is 105 Å². The predicted octanol–water partition coefficient (Wildman–Crippen LogP) is 14.0. The number of azo groups is 2. The fourth-order valence-corrected chi connectivity index (χ4v) is 13.7. The molecule has 3 aromatic carbocycles. The minimum absolute atomic E-state index is 0.0197. The van der Waals surface area contributed by atoms with Crippen LogP contribution in [0.15, 0.2) is 182 Å². The lowest BCUT2D eigenvalue weighted by atomic mass is 9.86. The third-order valence-electron chi connectivity index (χ3n) is 18.7. The van der Waals surface area contributed by atoms with Crippen LogP contribution in [-0.4, -0.2) is 91.4 Å². The average Bonchev–Trinajstić information content (AvgIpc) is 1.70. The molecule has 8 aliphatic rings. The monoisotopic (exact) mass is 1260 g/mol. The fraction of sp³-hybridized carbons (Fsp3) is 0.408. The number of non-ortho nitro benzene ring substituents is 1. The van der Waals surface area contributed by atoms with Gasteiger partial charge >= 0.3 is 0 Å². The predicted molar refractivity (Wildman–Crippen MR) is 360 cm³/mol. The highest BCUT2D eigenvalue weighted by molar-refractivity contribution is 6.21. The van der Waals surface area contributed by atoms with Crippen molar-refractivity contribution in [3.63, 3.8) is 0 Å². The number of nitro groups is 1. The van der Waals surface area contributed by atoms with Crippen molar-refractivity contribution in [1.29, 1.82) is 0 Å². The second-order valence-corrected chi connectivity index (χ2v) is 24.6. The molecule has 1 aliphatic carbocycles. The number of allylic oxidation sites excluding steroid dienone is 12. The molecular formula is C71H81N13O9. The molecule has 1 fully saturated rings. The number of benzene rings is 3. The molecule has 8 bridgehead atoms. The van der Waals surface area contributed by atoms with Gasteiger partial charge in [0.1, 0.15) is 40.4 Å². The number of rotatable bonds is 26. The van der Waals surface area contributed by atoms with Crippen LogP contribution in [0.25, 0.3) is 0 Å². The van der Waals surface area contributed by atoms with Crippen LogP contribution in [0.2, 0.25) is 0 Å². The van der Waals surface area contributed by atoms with Gasteiger partial charge in [0.25, 0.3) is 5.69 Å². The topological polar surface area (TPSA) is 294 Å². The smallest absolute Gasteiger partial charge is 0.269 e. The first-order valence-corrected chi connectivity index (χ1v) is 32.3. The zero-order valence-electron chi connectivity index (χ0n) is 54.0. The number of nitrogens with two attached hydrogens (primary N) is 1. The Morgan fingerprint density at radius 1 is 0.860 bits per heavy atom. The molecule has 1 saturated heterocycles. The Bertz CT molecular complexity index is 4040. The van der Waals surface area contributed by atoms with Gasteiger partial charge in [0.05, 0.1) is 65.7 Å². The summed E-state index contributed by atoms with van der Waals surface area (Å²) in [4.78, 5) is 68.0. The zero-order chi connectivity index (χ0) is 65.6. The number of anilines is 1. The lowest BCUT2D eigenvalue weighted by molar-refractivity contribution is -0.384. The molecule has 93 heavy (non-hydrogen) atoms. The molecule has 1 unspecified atom stereocenters. The van der Waals surface area contributed by atoms with Crippen LogP contribution < -0.4 is 40.8 Å². The minimum Gasteiger partial charge on any atom is -0.511 e. The van der Waals surface area contributed by atoms with Crippen LogP contribution in [-0.2, 0) is 27.2 Å². The second kappa shape index (κ2) is 28.3. The molecule has 7 heterocycles. The summed E-state index contributed by atoms with van der Waals surface area (Å²) in [6.07, 6.45) is 17.3. The number of nitro benzene ring substituents is 1. The number of aliphatic hydroxyl groups is 1. The molecule has 0 radical (unpaired) electrons. The number of amides is 3. The molecule has 484 valence electrons. The molecule has 0 spiro atoms. The van der Waals surface area contributed by atoms with Gasteiger partial charge in [-0.2, -0.15) is 5.11 Å². The van der Waals surface area contributed by atoms with Crippen molar-refractivity contribution in [2.24, 2.45) is 53.0 Å². The number of aliphatic imine (C=N–C) groups is 3. The molecule has 11 rings (SSSR count). The van der Waals surface area contributed by atoms with Crippen molar-refractivity contribution in [2.45, 2.75) is 137 Å². The number of hydrogen-bond acceptors (Lipinski definition) is 18. The highest BCUT2D eigenvalue weighted by atomic mass is 16.6. The number of unbranched alkanes of at least 4 members (excludes halogenated alkanes) is 3. The number of nitrogens with zero attached hydrogens (tertiary/aromatic N) is 9. The Hall–Kier alpha value is -9.86. The lowest BCUT2D eigenvalue weighted by Gasteiger charge is -2.37. The SMILES string of the molecule is C=CC1=C(C)C2=NC1=CC1=NC(=CC3=C(C)C4=C(O)CC(=C5NC(=C2)[C@@H](C)[C@@H]5CCC(=O)NCCCCC(NC(=O)CCCCCOc2c(N=Nc5cc(OC)c(N=Nc6ccc([N+](=O)[O-])cc6)cc5OC)cc5c6c2CCCN6CCC5)C(N)=O)C4=N3)C(CC)=C1C. The van der Waals surface area contributed by atoms with Crippen LogP contribution in [0.5, 0.6) is 17.2 Å². The number of methoxy groups -OCH3 is 2. The van der Waals surface area contributed by atoms with E-state index in [0.717, 1.165) is 135 Å². The molecule has 0 saturated carbocycles. The van der Waals surface area contributed by atoms with Gasteiger partial charge in [0, 0.05) is 114 Å².